The molecule has 4 nitrogen and oxygen atoms in total. The summed E-state index contributed by atoms with van der Waals surface area (Å²) in [4.78, 5) is 6.92. The van der Waals surface area contributed by atoms with Crippen LogP contribution in [0.1, 0.15) is 23.6 Å². The molecule has 0 spiro atoms. The molecule has 122 valence electrons. The molecular weight excluding hydrogens is 288 g/mol. The zero-order chi connectivity index (χ0) is 16.1. The van der Waals surface area contributed by atoms with E-state index < -0.39 is 0 Å². The van der Waals surface area contributed by atoms with E-state index in [0.29, 0.717) is 5.92 Å². The normalized spacial score (nSPS) is 18.1. The molecule has 1 aliphatic rings. The molecule has 0 aliphatic carbocycles. The van der Waals surface area contributed by atoms with Crippen molar-refractivity contribution in [2.45, 2.75) is 18.8 Å². The Morgan fingerprint density at radius 3 is 2.57 bits per heavy atom. The molecule has 23 heavy (non-hydrogen) atoms. The van der Waals surface area contributed by atoms with Crippen LogP contribution in [0.25, 0.3) is 0 Å². The van der Waals surface area contributed by atoms with Crippen LogP contribution < -0.4 is 9.47 Å². The number of hydrogen-bond acceptors (Lipinski definition) is 4. The second kappa shape index (κ2) is 7.47. The Morgan fingerprint density at radius 2 is 1.91 bits per heavy atom. The zero-order valence-corrected chi connectivity index (χ0v) is 13.9. The smallest absolute Gasteiger partial charge is 0.122 e. The number of nitrogens with zero attached hydrogens (tertiary/aromatic N) is 2. The van der Waals surface area contributed by atoms with Crippen molar-refractivity contribution in [3.63, 3.8) is 0 Å². The molecule has 0 saturated carbocycles. The fraction of sp³-hybridized carbons (Fsp3) is 0.421. The number of pyridine rings is 1. The van der Waals surface area contributed by atoms with Gasteiger partial charge in [0.1, 0.15) is 11.5 Å². The second-order valence-corrected chi connectivity index (χ2v) is 6.00. The standard InChI is InChI=1S/C19H24N2O2/c1-22-18-11-16(12-19(13-18)23-2)15-6-9-21(14-15)10-7-17-5-3-4-8-20-17/h3-5,8,11-13,15H,6-7,9-10,14H2,1-2H3. The Kier molecular flexibility index (Phi) is 5.13. The first-order chi connectivity index (χ1) is 11.3. The van der Waals surface area contributed by atoms with Gasteiger partial charge >= 0.3 is 0 Å². The van der Waals surface area contributed by atoms with Crippen LogP contribution in [0.15, 0.2) is 42.6 Å². The van der Waals surface area contributed by atoms with Crippen molar-refractivity contribution < 1.29 is 9.47 Å². The average Bonchev–Trinajstić information content (AvgIpc) is 3.09. The van der Waals surface area contributed by atoms with Crippen molar-refractivity contribution >= 4 is 0 Å². The van der Waals surface area contributed by atoms with E-state index in [1.807, 2.05) is 18.3 Å². The van der Waals surface area contributed by atoms with Crippen molar-refractivity contribution in [1.29, 1.82) is 0 Å². The van der Waals surface area contributed by atoms with Crippen molar-refractivity contribution in [3.05, 3.63) is 53.9 Å². The third-order valence-corrected chi connectivity index (χ3v) is 4.53. The molecule has 0 radical (unpaired) electrons. The fourth-order valence-corrected chi connectivity index (χ4v) is 3.19. The van der Waals surface area contributed by atoms with Gasteiger partial charge in [0, 0.05) is 37.5 Å². The van der Waals surface area contributed by atoms with Gasteiger partial charge in [-0.3, -0.25) is 4.98 Å². The highest BCUT2D eigenvalue weighted by molar-refractivity contribution is 5.40. The van der Waals surface area contributed by atoms with Gasteiger partial charge in [-0.2, -0.15) is 0 Å². The fourth-order valence-electron chi connectivity index (χ4n) is 3.19. The molecule has 1 fully saturated rings. The van der Waals surface area contributed by atoms with E-state index in [1.54, 1.807) is 14.2 Å². The highest BCUT2D eigenvalue weighted by Gasteiger charge is 2.24. The molecule has 4 heteroatoms. The first kappa shape index (κ1) is 15.8. The summed E-state index contributed by atoms with van der Waals surface area (Å²) in [5.41, 5.74) is 2.47. The molecule has 0 amide bonds. The number of aromatic nitrogens is 1. The first-order valence-electron chi connectivity index (χ1n) is 8.13. The lowest BCUT2D eigenvalue weighted by molar-refractivity contribution is 0.337. The summed E-state index contributed by atoms with van der Waals surface area (Å²) in [5.74, 6) is 2.28. The van der Waals surface area contributed by atoms with Crippen molar-refractivity contribution in [2.24, 2.45) is 0 Å². The summed E-state index contributed by atoms with van der Waals surface area (Å²) in [6.07, 6.45) is 4.05. The van der Waals surface area contributed by atoms with Crippen LogP contribution in [0.2, 0.25) is 0 Å². The van der Waals surface area contributed by atoms with E-state index in [4.69, 9.17) is 9.47 Å². The number of methoxy groups -OCH3 is 2. The van der Waals surface area contributed by atoms with E-state index in [2.05, 4.69) is 34.1 Å². The molecule has 1 aliphatic heterocycles. The largest absolute Gasteiger partial charge is 0.497 e. The molecule has 1 saturated heterocycles. The Balaban J connectivity index is 1.61. The number of hydrogen-bond donors (Lipinski definition) is 0. The van der Waals surface area contributed by atoms with Gasteiger partial charge in [0.25, 0.3) is 0 Å². The van der Waals surface area contributed by atoms with Crippen LogP contribution in [-0.4, -0.2) is 43.7 Å². The third-order valence-electron chi connectivity index (χ3n) is 4.53. The molecule has 2 heterocycles. The summed E-state index contributed by atoms with van der Waals surface area (Å²) in [5, 5.41) is 0. The quantitative estimate of drug-likeness (QED) is 0.821. The Labute approximate surface area is 138 Å². The minimum Gasteiger partial charge on any atom is -0.497 e. The maximum Gasteiger partial charge on any atom is 0.122 e. The predicted molar refractivity (Wildman–Crippen MR) is 91.3 cm³/mol. The van der Waals surface area contributed by atoms with Gasteiger partial charge in [0.05, 0.1) is 14.2 Å². The van der Waals surface area contributed by atoms with Crippen LogP contribution in [-0.2, 0) is 6.42 Å². The molecule has 3 rings (SSSR count). The second-order valence-electron chi connectivity index (χ2n) is 6.00. The lowest BCUT2D eigenvalue weighted by Gasteiger charge is -2.17. The number of benzene rings is 1. The SMILES string of the molecule is COc1cc(OC)cc(C2CCN(CCc3ccccn3)C2)c1. The molecular formula is C19H24N2O2. The summed E-state index contributed by atoms with van der Waals surface area (Å²) < 4.78 is 10.8. The summed E-state index contributed by atoms with van der Waals surface area (Å²) >= 11 is 0. The maximum atomic E-state index is 5.39. The van der Waals surface area contributed by atoms with Crippen LogP contribution in [0.5, 0.6) is 11.5 Å². The monoisotopic (exact) mass is 312 g/mol. The lowest BCUT2D eigenvalue weighted by atomic mass is 9.98. The third kappa shape index (κ3) is 4.02. The molecule has 1 aromatic heterocycles. The maximum absolute atomic E-state index is 5.39. The highest BCUT2D eigenvalue weighted by Crippen LogP contribution is 2.32. The first-order valence-corrected chi connectivity index (χ1v) is 8.13. The van der Waals surface area contributed by atoms with Gasteiger partial charge in [0.2, 0.25) is 0 Å². The Morgan fingerprint density at radius 1 is 1.13 bits per heavy atom. The van der Waals surface area contributed by atoms with Crippen molar-refractivity contribution in [1.82, 2.24) is 9.88 Å². The van der Waals surface area contributed by atoms with Gasteiger partial charge in [0.15, 0.2) is 0 Å². The highest BCUT2D eigenvalue weighted by atomic mass is 16.5. The van der Waals surface area contributed by atoms with Crippen LogP contribution >= 0.6 is 0 Å². The van der Waals surface area contributed by atoms with Gasteiger partial charge in [-0.1, -0.05) is 6.07 Å². The van der Waals surface area contributed by atoms with Crippen LogP contribution in [0.3, 0.4) is 0 Å². The number of ether oxygens (including phenoxy) is 2. The van der Waals surface area contributed by atoms with Gasteiger partial charge in [-0.15, -0.1) is 0 Å². The molecule has 1 unspecified atom stereocenters. The lowest BCUT2D eigenvalue weighted by Crippen LogP contribution is -2.23. The molecule has 1 atom stereocenters. The van der Waals surface area contributed by atoms with Gasteiger partial charge in [-0.05, 0) is 48.7 Å². The van der Waals surface area contributed by atoms with E-state index in [-0.39, 0.29) is 0 Å². The van der Waals surface area contributed by atoms with Gasteiger partial charge in [-0.25, -0.2) is 0 Å². The van der Waals surface area contributed by atoms with E-state index >= 15 is 0 Å². The summed E-state index contributed by atoms with van der Waals surface area (Å²) in [6.45, 7) is 3.29. The van der Waals surface area contributed by atoms with Crippen LogP contribution in [0, 0.1) is 0 Å². The Bertz CT molecular complexity index is 608. The van der Waals surface area contributed by atoms with E-state index in [1.165, 1.54) is 17.7 Å². The van der Waals surface area contributed by atoms with E-state index in [0.717, 1.165) is 37.6 Å². The van der Waals surface area contributed by atoms with Crippen molar-refractivity contribution in [2.75, 3.05) is 33.9 Å². The minimum atomic E-state index is 0.544. The predicted octanol–water partition coefficient (Wildman–Crippen LogP) is 3.13. The van der Waals surface area contributed by atoms with Crippen LogP contribution in [0.4, 0.5) is 0 Å². The average molecular weight is 312 g/mol. The molecule has 2 aromatic rings. The molecule has 0 bridgehead atoms. The van der Waals surface area contributed by atoms with Crippen molar-refractivity contribution in [3.8, 4) is 11.5 Å². The summed E-state index contributed by atoms with van der Waals surface area (Å²) in [7, 11) is 3.40. The Hall–Kier alpha value is -2.07. The minimum absolute atomic E-state index is 0.544. The number of rotatable bonds is 6. The molecule has 1 aromatic carbocycles. The number of likely N-dealkylation sites (tertiary alicyclic amines) is 1. The topological polar surface area (TPSA) is 34.6 Å². The van der Waals surface area contributed by atoms with E-state index in [9.17, 15) is 0 Å². The molecule has 0 N–H and O–H groups in total. The van der Waals surface area contributed by atoms with Gasteiger partial charge < -0.3 is 14.4 Å². The zero-order valence-electron chi connectivity index (χ0n) is 13.9. The summed E-state index contributed by atoms with van der Waals surface area (Å²) in [6, 6.07) is 12.3.